The molecule has 0 fully saturated rings. The summed E-state index contributed by atoms with van der Waals surface area (Å²) in [5.74, 6) is -0.912. The maximum Gasteiger partial charge on any atom is 0.331 e. The summed E-state index contributed by atoms with van der Waals surface area (Å²) >= 11 is 5.88. The topological polar surface area (TPSA) is 55.4 Å². The average Bonchev–Trinajstić information content (AvgIpc) is 2.63. The molecule has 0 heterocycles. The summed E-state index contributed by atoms with van der Waals surface area (Å²) in [5, 5.41) is 3.47. The van der Waals surface area contributed by atoms with Crippen LogP contribution in [0.4, 0.5) is 0 Å². The summed E-state index contributed by atoms with van der Waals surface area (Å²) in [6.45, 7) is 3.69. The van der Waals surface area contributed by atoms with Crippen LogP contribution in [0.2, 0.25) is 5.02 Å². The van der Waals surface area contributed by atoms with Crippen LogP contribution in [0.3, 0.4) is 0 Å². The SMILES string of the molecule is CC[C@@H](NC(=O)COC(=O)/C=C/c1cccc(Cl)c1)c1ccc(C)cc1. The molecule has 0 spiro atoms. The van der Waals surface area contributed by atoms with Gasteiger partial charge in [0.25, 0.3) is 5.91 Å². The summed E-state index contributed by atoms with van der Waals surface area (Å²) in [6.07, 6.45) is 3.61. The fourth-order valence-corrected chi connectivity index (χ4v) is 2.61. The van der Waals surface area contributed by atoms with Gasteiger partial charge in [-0.2, -0.15) is 0 Å². The lowest BCUT2D eigenvalue weighted by molar-refractivity contribution is -0.144. The van der Waals surface area contributed by atoms with Crippen molar-refractivity contribution in [2.45, 2.75) is 26.3 Å². The maximum atomic E-state index is 12.0. The van der Waals surface area contributed by atoms with E-state index in [1.807, 2.05) is 44.2 Å². The lowest BCUT2D eigenvalue weighted by Gasteiger charge is -2.17. The number of esters is 1. The lowest BCUT2D eigenvalue weighted by Crippen LogP contribution is -2.32. The van der Waals surface area contributed by atoms with E-state index < -0.39 is 5.97 Å². The largest absolute Gasteiger partial charge is 0.452 e. The van der Waals surface area contributed by atoms with Crippen LogP contribution in [0.1, 0.15) is 36.1 Å². The Morgan fingerprint density at radius 3 is 2.58 bits per heavy atom. The molecule has 0 saturated heterocycles. The smallest absolute Gasteiger partial charge is 0.331 e. The first kappa shape index (κ1) is 19.7. The van der Waals surface area contributed by atoms with Crippen molar-refractivity contribution in [1.82, 2.24) is 5.32 Å². The molecule has 4 nitrogen and oxygen atoms in total. The predicted molar refractivity (Wildman–Crippen MR) is 104 cm³/mol. The van der Waals surface area contributed by atoms with Crippen molar-refractivity contribution in [2.75, 3.05) is 6.61 Å². The number of hydrogen-bond acceptors (Lipinski definition) is 3. The van der Waals surface area contributed by atoms with E-state index in [0.717, 1.165) is 23.1 Å². The number of aryl methyl sites for hydroxylation is 1. The van der Waals surface area contributed by atoms with Crippen molar-refractivity contribution in [2.24, 2.45) is 0 Å². The molecular weight excluding hydrogens is 350 g/mol. The standard InChI is InChI=1S/C21H22ClNO3/c1-3-19(17-10-7-15(2)8-11-17)23-20(24)14-26-21(25)12-9-16-5-4-6-18(22)13-16/h4-13,19H,3,14H2,1-2H3,(H,23,24)/b12-9+/t19-/m1/s1. The Labute approximate surface area is 158 Å². The third-order valence-electron chi connectivity index (χ3n) is 3.83. The highest BCUT2D eigenvalue weighted by Crippen LogP contribution is 2.17. The van der Waals surface area contributed by atoms with Crippen LogP contribution < -0.4 is 5.32 Å². The molecule has 2 aromatic rings. The second-order valence-electron chi connectivity index (χ2n) is 5.94. The minimum Gasteiger partial charge on any atom is -0.452 e. The van der Waals surface area contributed by atoms with Crippen LogP contribution in [-0.2, 0) is 14.3 Å². The van der Waals surface area contributed by atoms with Gasteiger partial charge in [0.15, 0.2) is 6.61 Å². The number of amides is 1. The number of hydrogen-bond donors (Lipinski definition) is 1. The highest BCUT2D eigenvalue weighted by atomic mass is 35.5. The first-order valence-electron chi connectivity index (χ1n) is 8.44. The molecule has 0 aliphatic rings. The molecule has 2 aromatic carbocycles. The van der Waals surface area contributed by atoms with Gasteiger partial charge in [-0.05, 0) is 42.7 Å². The maximum absolute atomic E-state index is 12.0. The highest BCUT2D eigenvalue weighted by molar-refractivity contribution is 6.30. The van der Waals surface area contributed by atoms with E-state index in [1.165, 1.54) is 6.08 Å². The van der Waals surface area contributed by atoms with Crippen LogP contribution in [-0.4, -0.2) is 18.5 Å². The number of halogens is 1. The van der Waals surface area contributed by atoms with Gasteiger partial charge in [-0.1, -0.05) is 60.5 Å². The molecular formula is C21H22ClNO3. The number of nitrogens with one attached hydrogen (secondary N) is 1. The van der Waals surface area contributed by atoms with Crippen molar-refractivity contribution >= 4 is 29.6 Å². The first-order valence-corrected chi connectivity index (χ1v) is 8.82. The van der Waals surface area contributed by atoms with Gasteiger partial charge in [0.1, 0.15) is 0 Å². The van der Waals surface area contributed by atoms with Gasteiger partial charge in [-0.25, -0.2) is 4.79 Å². The van der Waals surface area contributed by atoms with E-state index in [4.69, 9.17) is 16.3 Å². The van der Waals surface area contributed by atoms with Gasteiger partial charge in [-0.3, -0.25) is 4.79 Å². The fraction of sp³-hybridized carbons (Fsp3) is 0.238. The third-order valence-corrected chi connectivity index (χ3v) is 4.06. The molecule has 2 rings (SSSR count). The van der Waals surface area contributed by atoms with Gasteiger partial charge < -0.3 is 10.1 Å². The molecule has 136 valence electrons. The first-order chi connectivity index (χ1) is 12.5. The van der Waals surface area contributed by atoms with Crippen molar-refractivity contribution in [1.29, 1.82) is 0 Å². The van der Waals surface area contributed by atoms with Crippen LogP contribution in [0.15, 0.2) is 54.6 Å². The van der Waals surface area contributed by atoms with Crippen molar-refractivity contribution in [3.8, 4) is 0 Å². The highest BCUT2D eigenvalue weighted by Gasteiger charge is 2.13. The van der Waals surface area contributed by atoms with E-state index in [1.54, 1.807) is 24.3 Å². The predicted octanol–water partition coefficient (Wildman–Crippen LogP) is 4.47. The molecule has 1 amide bonds. The van der Waals surface area contributed by atoms with Gasteiger partial charge in [0.05, 0.1) is 6.04 Å². The van der Waals surface area contributed by atoms with E-state index in [2.05, 4.69) is 5.32 Å². The van der Waals surface area contributed by atoms with Crippen LogP contribution in [0.25, 0.3) is 6.08 Å². The Morgan fingerprint density at radius 1 is 1.19 bits per heavy atom. The van der Waals surface area contributed by atoms with E-state index in [-0.39, 0.29) is 18.6 Å². The van der Waals surface area contributed by atoms with Gasteiger partial charge >= 0.3 is 5.97 Å². The number of carbonyl (C=O) groups is 2. The zero-order valence-corrected chi connectivity index (χ0v) is 15.6. The van der Waals surface area contributed by atoms with Gasteiger partial charge in [0.2, 0.25) is 0 Å². The molecule has 0 saturated carbocycles. The van der Waals surface area contributed by atoms with Gasteiger partial charge in [0, 0.05) is 11.1 Å². The summed E-state index contributed by atoms with van der Waals surface area (Å²) in [7, 11) is 0. The van der Waals surface area contributed by atoms with Crippen molar-refractivity contribution < 1.29 is 14.3 Å². The van der Waals surface area contributed by atoms with Crippen molar-refractivity contribution in [3.63, 3.8) is 0 Å². The minimum atomic E-state index is -0.580. The normalized spacial score (nSPS) is 12.0. The summed E-state index contributed by atoms with van der Waals surface area (Å²) in [5.41, 5.74) is 2.97. The van der Waals surface area contributed by atoms with E-state index in [9.17, 15) is 9.59 Å². The van der Waals surface area contributed by atoms with Crippen molar-refractivity contribution in [3.05, 3.63) is 76.3 Å². The Kier molecular flexibility index (Phi) is 7.42. The average molecular weight is 372 g/mol. The van der Waals surface area contributed by atoms with Crippen LogP contribution >= 0.6 is 11.6 Å². The Bertz CT molecular complexity index is 784. The lowest BCUT2D eigenvalue weighted by atomic mass is 10.0. The molecule has 0 aromatic heterocycles. The Morgan fingerprint density at radius 2 is 1.92 bits per heavy atom. The zero-order chi connectivity index (χ0) is 18.9. The molecule has 1 N–H and O–H groups in total. The molecule has 5 heteroatoms. The molecule has 1 atom stereocenters. The molecule has 0 bridgehead atoms. The molecule has 0 aliphatic heterocycles. The van der Waals surface area contributed by atoms with Crippen LogP contribution in [0, 0.1) is 6.92 Å². The molecule has 0 radical (unpaired) electrons. The Hall–Kier alpha value is -2.59. The number of rotatable bonds is 7. The molecule has 26 heavy (non-hydrogen) atoms. The van der Waals surface area contributed by atoms with Crippen LogP contribution in [0.5, 0.6) is 0 Å². The number of carbonyl (C=O) groups excluding carboxylic acids is 2. The molecule has 0 aliphatic carbocycles. The third kappa shape index (κ3) is 6.37. The summed E-state index contributed by atoms with van der Waals surface area (Å²) in [4.78, 5) is 23.8. The second kappa shape index (κ2) is 9.78. The summed E-state index contributed by atoms with van der Waals surface area (Å²) in [6, 6.07) is 15.0. The monoisotopic (exact) mass is 371 g/mol. The summed E-state index contributed by atoms with van der Waals surface area (Å²) < 4.78 is 4.99. The number of benzene rings is 2. The van der Waals surface area contributed by atoms with E-state index >= 15 is 0 Å². The number of ether oxygens (including phenoxy) is 1. The minimum absolute atomic E-state index is 0.108. The zero-order valence-electron chi connectivity index (χ0n) is 14.9. The Balaban J connectivity index is 1.83. The second-order valence-corrected chi connectivity index (χ2v) is 6.37. The quantitative estimate of drug-likeness (QED) is 0.577. The fourth-order valence-electron chi connectivity index (χ4n) is 2.42. The molecule has 0 unspecified atom stereocenters. The van der Waals surface area contributed by atoms with Gasteiger partial charge in [-0.15, -0.1) is 0 Å². The van der Waals surface area contributed by atoms with E-state index in [0.29, 0.717) is 5.02 Å².